The molecule has 0 aliphatic carbocycles. The zero-order chi connectivity index (χ0) is 28.5. The van der Waals surface area contributed by atoms with E-state index in [1.54, 1.807) is 0 Å². The Balaban J connectivity index is 0.000000798. The zero-order valence-electron chi connectivity index (χ0n) is 22.3. The van der Waals surface area contributed by atoms with E-state index in [1.165, 1.54) is 5.56 Å². The van der Waals surface area contributed by atoms with Crippen molar-refractivity contribution < 1.29 is 29.3 Å². The Morgan fingerprint density at radius 2 is 1.54 bits per heavy atom. The summed E-state index contributed by atoms with van der Waals surface area (Å²) in [5, 5.41) is 17.8. The van der Waals surface area contributed by atoms with Crippen molar-refractivity contribution in [1.82, 2.24) is 10.2 Å². The van der Waals surface area contributed by atoms with E-state index in [-0.39, 0.29) is 5.91 Å². The average Bonchev–Trinajstić information content (AvgIpc) is 2.93. The van der Waals surface area contributed by atoms with Gasteiger partial charge in [-0.2, -0.15) is 11.8 Å². The number of benzene rings is 3. The Labute approximate surface area is 234 Å². The van der Waals surface area contributed by atoms with E-state index in [2.05, 4.69) is 54.6 Å². The minimum absolute atomic E-state index is 0.00700. The first kappa shape index (κ1) is 31.4. The molecule has 0 atom stereocenters. The van der Waals surface area contributed by atoms with Crippen molar-refractivity contribution in [2.24, 2.45) is 0 Å². The van der Waals surface area contributed by atoms with Gasteiger partial charge in [0.1, 0.15) is 5.75 Å². The number of nitrogens with zero attached hydrogens (tertiary/aromatic N) is 1. The van der Waals surface area contributed by atoms with Gasteiger partial charge < -0.3 is 25.2 Å². The van der Waals surface area contributed by atoms with Crippen LogP contribution in [0.2, 0.25) is 0 Å². The fraction of sp³-hybridized carbons (Fsp3) is 0.300. The summed E-state index contributed by atoms with van der Waals surface area (Å²) in [5.74, 6) is -0.836. The minimum Gasteiger partial charge on any atom is -0.493 e. The number of hydrogen-bond donors (Lipinski definition) is 3. The topological polar surface area (TPSA) is 116 Å². The van der Waals surface area contributed by atoms with Gasteiger partial charge >= 0.3 is 11.9 Å². The van der Waals surface area contributed by atoms with Crippen LogP contribution in [0.4, 0.5) is 0 Å². The number of para-hydroxylation sites is 1. The van der Waals surface area contributed by atoms with Crippen molar-refractivity contribution in [1.29, 1.82) is 0 Å². The fourth-order valence-corrected chi connectivity index (χ4v) is 4.19. The number of aliphatic carboxylic acids is 2. The van der Waals surface area contributed by atoms with Gasteiger partial charge in [-0.3, -0.25) is 4.79 Å². The quantitative estimate of drug-likeness (QED) is 0.203. The summed E-state index contributed by atoms with van der Waals surface area (Å²) in [6.07, 6.45) is 2.07. The number of ether oxygens (including phenoxy) is 1. The largest absolute Gasteiger partial charge is 0.493 e. The lowest BCUT2D eigenvalue weighted by Crippen LogP contribution is -2.25. The molecule has 0 spiro atoms. The average molecular weight is 553 g/mol. The molecule has 8 nitrogen and oxygen atoms in total. The van der Waals surface area contributed by atoms with Crippen molar-refractivity contribution in [3.8, 4) is 16.9 Å². The number of carbonyl (C=O) groups is 3. The van der Waals surface area contributed by atoms with Crippen LogP contribution >= 0.6 is 11.8 Å². The number of carboxylic acid groups (broad SMARTS) is 2. The molecule has 0 unspecified atom stereocenters. The van der Waals surface area contributed by atoms with Crippen molar-refractivity contribution in [3.63, 3.8) is 0 Å². The first-order valence-electron chi connectivity index (χ1n) is 12.6. The van der Waals surface area contributed by atoms with Gasteiger partial charge in [0.15, 0.2) is 0 Å². The Kier molecular flexibility index (Phi) is 14.2. The maximum atomic E-state index is 12.5. The van der Waals surface area contributed by atoms with Crippen LogP contribution < -0.4 is 10.1 Å². The van der Waals surface area contributed by atoms with Crippen molar-refractivity contribution >= 4 is 29.6 Å². The van der Waals surface area contributed by atoms with E-state index >= 15 is 0 Å². The third-order valence-electron chi connectivity index (χ3n) is 5.42. The number of thioether (sulfide) groups is 1. The van der Waals surface area contributed by atoms with E-state index < -0.39 is 11.9 Å². The number of carbonyl (C=O) groups excluding carboxylic acids is 1. The molecule has 3 aromatic carbocycles. The summed E-state index contributed by atoms with van der Waals surface area (Å²) in [6.45, 7) is 2.46. The van der Waals surface area contributed by atoms with E-state index in [0.717, 1.165) is 47.8 Å². The smallest absolute Gasteiger partial charge is 0.414 e. The highest BCUT2D eigenvalue weighted by atomic mass is 32.2. The Morgan fingerprint density at radius 3 is 2.18 bits per heavy atom. The minimum atomic E-state index is -1.82. The maximum Gasteiger partial charge on any atom is 0.414 e. The predicted molar refractivity (Wildman–Crippen MR) is 155 cm³/mol. The standard InChI is InChI=1S/C28H34N2O2S.C2H2O4/c1-30(2)18-7-6-17-29-28(31)26-10-8-9-25(21-26)24-15-13-23(14-16-24)22-33-20-19-32-27-11-4-3-5-12-27;3-1(4)2(5)6/h3-5,8-16,21H,6-7,17-20,22H2,1-2H3,(H,29,31);(H,3,4)(H,5,6). The van der Waals surface area contributed by atoms with Gasteiger partial charge in [0.05, 0.1) is 6.61 Å². The van der Waals surface area contributed by atoms with Crippen LogP contribution in [0, 0.1) is 0 Å². The zero-order valence-corrected chi connectivity index (χ0v) is 23.2. The Morgan fingerprint density at radius 1 is 0.846 bits per heavy atom. The second kappa shape index (κ2) is 17.6. The molecule has 208 valence electrons. The second-order valence-electron chi connectivity index (χ2n) is 8.87. The van der Waals surface area contributed by atoms with Crippen LogP contribution in [0.1, 0.15) is 28.8 Å². The third kappa shape index (κ3) is 13.0. The number of rotatable bonds is 13. The molecule has 39 heavy (non-hydrogen) atoms. The fourth-order valence-electron chi connectivity index (χ4n) is 3.42. The molecule has 0 fully saturated rings. The molecule has 0 aromatic heterocycles. The number of unbranched alkanes of at least 4 members (excludes halogenated alkanes) is 1. The summed E-state index contributed by atoms with van der Waals surface area (Å²) >= 11 is 1.87. The van der Waals surface area contributed by atoms with Gasteiger partial charge in [-0.25, -0.2) is 9.59 Å². The highest BCUT2D eigenvalue weighted by Crippen LogP contribution is 2.23. The molecular weight excluding hydrogens is 516 g/mol. The molecule has 3 aromatic rings. The summed E-state index contributed by atoms with van der Waals surface area (Å²) in [5.41, 5.74) is 4.18. The van der Waals surface area contributed by atoms with E-state index in [1.807, 2.05) is 60.3 Å². The highest BCUT2D eigenvalue weighted by molar-refractivity contribution is 7.98. The predicted octanol–water partition coefficient (Wildman–Crippen LogP) is 4.89. The van der Waals surface area contributed by atoms with Crippen LogP contribution in [0.5, 0.6) is 5.75 Å². The van der Waals surface area contributed by atoms with Gasteiger partial charge in [0.25, 0.3) is 5.91 Å². The molecule has 0 saturated heterocycles. The van der Waals surface area contributed by atoms with Crippen molar-refractivity contribution in [2.75, 3.05) is 39.5 Å². The monoisotopic (exact) mass is 552 g/mol. The molecule has 0 bridgehead atoms. The lowest BCUT2D eigenvalue weighted by Gasteiger charge is -2.10. The van der Waals surface area contributed by atoms with Crippen molar-refractivity contribution in [2.45, 2.75) is 18.6 Å². The molecule has 0 heterocycles. The maximum absolute atomic E-state index is 12.5. The highest BCUT2D eigenvalue weighted by Gasteiger charge is 2.07. The summed E-state index contributed by atoms with van der Waals surface area (Å²) in [4.78, 5) is 32.9. The first-order valence-corrected chi connectivity index (χ1v) is 13.8. The second-order valence-corrected chi connectivity index (χ2v) is 9.97. The summed E-state index contributed by atoms with van der Waals surface area (Å²) in [6, 6.07) is 26.4. The van der Waals surface area contributed by atoms with E-state index in [0.29, 0.717) is 18.7 Å². The van der Waals surface area contributed by atoms with Gasteiger partial charge in [0, 0.05) is 23.6 Å². The number of amides is 1. The van der Waals surface area contributed by atoms with Gasteiger partial charge in [-0.1, -0.05) is 54.6 Å². The van der Waals surface area contributed by atoms with Crippen LogP contribution in [0.3, 0.4) is 0 Å². The van der Waals surface area contributed by atoms with Crippen LogP contribution in [-0.2, 0) is 15.3 Å². The number of nitrogens with one attached hydrogen (secondary N) is 1. The Bertz CT molecular complexity index is 1160. The Hall–Kier alpha value is -3.82. The first-order chi connectivity index (χ1) is 18.8. The molecule has 0 saturated carbocycles. The van der Waals surface area contributed by atoms with Crippen LogP contribution in [0.25, 0.3) is 11.1 Å². The molecule has 3 N–H and O–H groups in total. The third-order valence-corrected chi connectivity index (χ3v) is 6.41. The summed E-state index contributed by atoms with van der Waals surface area (Å²) < 4.78 is 5.74. The normalized spacial score (nSPS) is 10.3. The number of carboxylic acids is 2. The number of hydrogen-bond acceptors (Lipinski definition) is 6. The molecule has 9 heteroatoms. The van der Waals surface area contributed by atoms with Crippen molar-refractivity contribution in [3.05, 3.63) is 90.0 Å². The van der Waals surface area contributed by atoms with E-state index in [4.69, 9.17) is 24.5 Å². The van der Waals surface area contributed by atoms with Crippen LogP contribution in [-0.4, -0.2) is 72.5 Å². The lowest BCUT2D eigenvalue weighted by molar-refractivity contribution is -0.159. The summed E-state index contributed by atoms with van der Waals surface area (Å²) in [7, 11) is 4.13. The van der Waals surface area contributed by atoms with Crippen LogP contribution in [0.15, 0.2) is 78.9 Å². The molecule has 0 aliphatic rings. The molecule has 0 radical (unpaired) electrons. The van der Waals surface area contributed by atoms with Gasteiger partial charge in [-0.05, 0) is 74.4 Å². The lowest BCUT2D eigenvalue weighted by atomic mass is 10.0. The molecule has 0 aliphatic heterocycles. The van der Waals surface area contributed by atoms with E-state index in [9.17, 15) is 4.79 Å². The molecular formula is C30H36N2O6S. The van der Waals surface area contributed by atoms with Gasteiger partial charge in [-0.15, -0.1) is 0 Å². The SMILES string of the molecule is CN(C)CCCCNC(=O)c1cccc(-c2ccc(CSCCOc3ccccc3)cc2)c1.O=C(O)C(=O)O. The van der Waals surface area contributed by atoms with Gasteiger partial charge in [0.2, 0.25) is 0 Å². The molecule has 3 rings (SSSR count). The molecule has 1 amide bonds.